The van der Waals surface area contributed by atoms with E-state index in [1.807, 2.05) is 0 Å². The van der Waals surface area contributed by atoms with Gasteiger partial charge in [-0.1, -0.05) is 0 Å². The molecule has 2 aliphatic rings. The minimum Gasteiger partial charge on any atom is -0.480 e. The normalized spacial score (nSPS) is 13.5. The minimum absolute atomic E-state index is 0.0151. The number of carboxylic acids is 1. The summed E-state index contributed by atoms with van der Waals surface area (Å²) in [5.41, 5.74) is 0. The molecule has 0 saturated heterocycles. The smallest absolute Gasteiger partial charge is 0.322 e. The second-order valence-electron chi connectivity index (χ2n) is 12.3. The molecule has 17 nitrogen and oxygen atoms in total. The summed E-state index contributed by atoms with van der Waals surface area (Å²) in [6.07, 6.45) is 5.85. The van der Waals surface area contributed by atoms with Crippen LogP contribution in [0.4, 0.5) is 0 Å². The maximum absolute atomic E-state index is 12.2. The maximum atomic E-state index is 12.2. The van der Waals surface area contributed by atoms with Crippen LogP contribution in [-0.2, 0) is 38.4 Å². The number of nitrogens with one attached hydrogen (secondary N) is 7. The van der Waals surface area contributed by atoms with E-state index in [2.05, 4.69) is 37.2 Å². The lowest BCUT2D eigenvalue weighted by Gasteiger charge is -2.22. The number of carbonyl (C=O) groups excluding carboxylic acids is 7. The van der Waals surface area contributed by atoms with E-state index in [1.54, 1.807) is 4.90 Å². The van der Waals surface area contributed by atoms with Gasteiger partial charge >= 0.3 is 5.97 Å². The number of carboxylic acid groups (broad SMARTS) is 1. The van der Waals surface area contributed by atoms with Crippen LogP contribution in [-0.4, -0.2) is 145 Å². The van der Waals surface area contributed by atoms with E-state index < -0.39 is 18.4 Å². The average molecular weight is 759 g/mol. The molecule has 2 saturated carbocycles. The Kier molecular flexibility index (Phi) is 22.4. The van der Waals surface area contributed by atoms with Crippen LogP contribution in [0.1, 0.15) is 64.2 Å². The fourth-order valence-electron chi connectivity index (χ4n) is 4.40. The van der Waals surface area contributed by atoms with Crippen molar-refractivity contribution < 1.29 is 43.5 Å². The predicted octanol–water partition coefficient (Wildman–Crippen LogP) is -1.68. The molecule has 0 heterocycles. The number of nitrogens with zero attached hydrogens (tertiary/aromatic N) is 1. The van der Waals surface area contributed by atoms with Crippen LogP contribution in [0.2, 0.25) is 0 Å². The fourth-order valence-corrected chi connectivity index (χ4v) is 5.89. The third-order valence-corrected chi connectivity index (χ3v) is 9.32. The fraction of sp³-hybridized carbons (Fsp3) is 0.750. The van der Waals surface area contributed by atoms with Crippen molar-refractivity contribution in [3.63, 3.8) is 0 Å². The molecule has 19 heteroatoms. The standard InChI is InChI=1S/C32H54N8O9S2/c41-25(7-13-35-27(43)9-17-50-21-30(46)38-23-3-4-23)33-11-1-15-40(20-29(45)37-19-32(48)49)16-2-12-34-26(42)8-14-36-28(44)10-18-51-22-31(47)39-24-5-6-24/h23-24H,1-22H2,(H,33,41)(H,34,42)(H,35,43)(H,36,44)(H,37,45)(H,38,46)(H,39,47)(H,48,49). The van der Waals surface area contributed by atoms with Gasteiger partial charge < -0.3 is 42.3 Å². The first kappa shape index (κ1) is 43.6. The molecule has 8 N–H and O–H groups in total. The van der Waals surface area contributed by atoms with E-state index in [9.17, 15) is 38.4 Å². The van der Waals surface area contributed by atoms with Crippen molar-refractivity contribution in [2.75, 3.05) is 75.4 Å². The molecule has 0 aromatic rings. The van der Waals surface area contributed by atoms with Crippen LogP contribution < -0.4 is 37.2 Å². The van der Waals surface area contributed by atoms with Crippen LogP contribution in [0, 0.1) is 0 Å². The number of carbonyl (C=O) groups is 8. The molecule has 2 rings (SSSR count). The van der Waals surface area contributed by atoms with Gasteiger partial charge in [0.05, 0.1) is 18.1 Å². The summed E-state index contributed by atoms with van der Waals surface area (Å²) >= 11 is 2.78. The summed E-state index contributed by atoms with van der Waals surface area (Å²) in [5.74, 6) is -0.843. The van der Waals surface area contributed by atoms with Crippen LogP contribution >= 0.6 is 23.5 Å². The van der Waals surface area contributed by atoms with Crippen molar-refractivity contribution in [1.29, 1.82) is 0 Å². The summed E-state index contributed by atoms with van der Waals surface area (Å²) in [5, 5.41) is 27.9. The SMILES string of the molecule is O=C(O)CNC(=O)CN(CCCNC(=O)CCNC(=O)CCSCC(=O)NC1CC1)CCCNC(=O)CCNC(=O)CCSCC(=O)NC1CC1. The van der Waals surface area contributed by atoms with Crippen molar-refractivity contribution in [1.82, 2.24) is 42.1 Å². The summed E-state index contributed by atoms with van der Waals surface area (Å²) in [4.78, 5) is 96.5. The molecule has 7 amide bonds. The van der Waals surface area contributed by atoms with Gasteiger partial charge in [-0.25, -0.2) is 0 Å². The molecule has 0 spiro atoms. The van der Waals surface area contributed by atoms with Crippen LogP contribution in [0.25, 0.3) is 0 Å². The topological polar surface area (TPSA) is 244 Å². The average Bonchev–Trinajstić information content (AvgIpc) is 4.02. The molecule has 288 valence electrons. The lowest BCUT2D eigenvalue weighted by molar-refractivity contribution is -0.138. The molecular formula is C32H54N8O9S2. The van der Waals surface area contributed by atoms with E-state index >= 15 is 0 Å². The molecule has 2 fully saturated rings. The largest absolute Gasteiger partial charge is 0.480 e. The summed E-state index contributed by atoms with van der Waals surface area (Å²) in [7, 11) is 0. The lowest BCUT2D eigenvalue weighted by Crippen LogP contribution is -2.41. The number of aliphatic carboxylic acids is 1. The molecule has 0 atom stereocenters. The Balaban J connectivity index is 1.53. The van der Waals surface area contributed by atoms with Crippen molar-refractivity contribution in [3.05, 3.63) is 0 Å². The zero-order chi connectivity index (χ0) is 37.3. The first-order valence-corrected chi connectivity index (χ1v) is 19.8. The first-order valence-electron chi connectivity index (χ1n) is 17.5. The Morgan fingerprint density at radius 3 is 1.35 bits per heavy atom. The number of hydrogen-bond acceptors (Lipinski definition) is 11. The summed E-state index contributed by atoms with van der Waals surface area (Å²) in [6.45, 7) is 1.33. The third kappa shape index (κ3) is 25.9. The Hall–Kier alpha value is -3.58. The molecule has 0 aromatic carbocycles. The molecule has 0 aliphatic heterocycles. The van der Waals surface area contributed by atoms with Gasteiger partial charge in [0.1, 0.15) is 6.54 Å². The molecular weight excluding hydrogens is 705 g/mol. The highest BCUT2D eigenvalue weighted by Gasteiger charge is 2.23. The van der Waals surface area contributed by atoms with Gasteiger partial charge in [0.2, 0.25) is 41.4 Å². The van der Waals surface area contributed by atoms with Crippen molar-refractivity contribution in [2.45, 2.75) is 76.3 Å². The molecule has 0 aromatic heterocycles. The number of thioether (sulfide) groups is 2. The van der Waals surface area contributed by atoms with Crippen molar-refractivity contribution >= 4 is 70.8 Å². The van der Waals surface area contributed by atoms with Crippen molar-refractivity contribution in [2.24, 2.45) is 0 Å². The zero-order valence-electron chi connectivity index (χ0n) is 29.2. The Morgan fingerprint density at radius 2 is 0.941 bits per heavy atom. The Morgan fingerprint density at radius 1 is 0.529 bits per heavy atom. The van der Waals surface area contributed by atoms with Gasteiger partial charge in [0, 0.05) is 88.5 Å². The second kappa shape index (κ2) is 26.2. The minimum atomic E-state index is -1.16. The summed E-state index contributed by atoms with van der Waals surface area (Å²) in [6, 6.07) is 0.630. The van der Waals surface area contributed by atoms with Crippen LogP contribution in [0.3, 0.4) is 0 Å². The van der Waals surface area contributed by atoms with Gasteiger partial charge in [-0.15, -0.1) is 0 Å². The van der Waals surface area contributed by atoms with Gasteiger partial charge in [0.15, 0.2) is 0 Å². The number of amides is 7. The first-order chi connectivity index (χ1) is 24.5. The molecule has 0 radical (unpaired) electrons. The van der Waals surface area contributed by atoms with Crippen molar-refractivity contribution in [3.8, 4) is 0 Å². The van der Waals surface area contributed by atoms with E-state index in [-0.39, 0.29) is 80.8 Å². The van der Waals surface area contributed by atoms with Gasteiger partial charge in [-0.2, -0.15) is 23.5 Å². The Bertz CT molecular complexity index is 1100. The number of rotatable bonds is 30. The highest BCUT2D eigenvalue weighted by Crippen LogP contribution is 2.19. The van der Waals surface area contributed by atoms with Gasteiger partial charge in [-0.3, -0.25) is 43.3 Å². The lowest BCUT2D eigenvalue weighted by atomic mass is 10.3. The molecule has 0 unspecified atom stereocenters. The molecule has 0 bridgehead atoms. The molecule has 51 heavy (non-hydrogen) atoms. The second-order valence-corrected chi connectivity index (χ2v) is 14.6. The van der Waals surface area contributed by atoms with E-state index in [1.165, 1.54) is 23.5 Å². The number of hydrogen-bond donors (Lipinski definition) is 8. The van der Waals surface area contributed by atoms with Crippen LogP contribution in [0.5, 0.6) is 0 Å². The van der Waals surface area contributed by atoms with E-state index in [0.29, 0.717) is 74.1 Å². The quantitative estimate of drug-likeness (QED) is 0.0383. The third-order valence-electron chi connectivity index (χ3n) is 7.40. The monoisotopic (exact) mass is 758 g/mol. The maximum Gasteiger partial charge on any atom is 0.322 e. The van der Waals surface area contributed by atoms with E-state index in [0.717, 1.165) is 25.7 Å². The highest BCUT2D eigenvalue weighted by atomic mass is 32.2. The van der Waals surface area contributed by atoms with Gasteiger partial charge in [0.25, 0.3) is 0 Å². The summed E-state index contributed by atoms with van der Waals surface area (Å²) < 4.78 is 0. The zero-order valence-corrected chi connectivity index (χ0v) is 30.8. The van der Waals surface area contributed by atoms with E-state index in [4.69, 9.17) is 5.11 Å². The molecule has 2 aliphatic carbocycles. The highest BCUT2D eigenvalue weighted by molar-refractivity contribution is 8.00. The van der Waals surface area contributed by atoms with Crippen LogP contribution in [0.15, 0.2) is 0 Å². The van der Waals surface area contributed by atoms with Gasteiger partial charge in [-0.05, 0) is 38.5 Å². The Labute approximate surface area is 307 Å². The predicted molar refractivity (Wildman–Crippen MR) is 194 cm³/mol.